The van der Waals surface area contributed by atoms with Crippen molar-refractivity contribution in [3.8, 4) is 5.75 Å². The molecule has 3 aromatic rings. The van der Waals surface area contributed by atoms with Gasteiger partial charge in [0.05, 0.1) is 17.8 Å². The number of hydrogen-bond donors (Lipinski definition) is 1. The minimum absolute atomic E-state index is 0.147. The fraction of sp³-hybridized carbons (Fsp3) is 0.200. The topological polar surface area (TPSA) is 81.2 Å². The minimum atomic E-state index is -3.71. The highest BCUT2D eigenvalue weighted by molar-refractivity contribution is 9.10. The molecule has 6 nitrogen and oxygen atoms in total. The van der Waals surface area contributed by atoms with Gasteiger partial charge in [-0.1, -0.05) is 22.0 Å². The smallest absolute Gasteiger partial charge is 0.243 e. The predicted octanol–water partition coefficient (Wildman–Crippen LogP) is 2.74. The lowest BCUT2D eigenvalue weighted by molar-refractivity contribution is 0.254. The number of sulfonamides is 1. The van der Waals surface area contributed by atoms with Crippen molar-refractivity contribution < 1.29 is 13.2 Å². The van der Waals surface area contributed by atoms with Crippen LogP contribution in [-0.4, -0.2) is 29.8 Å². The van der Waals surface area contributed by atoms with Gasteiger partial charge in [-0.05, 0) is 42.3 Å². The van der Waals surface area contributed by atoms with E-state index in [2.05, 4.69) is 29.4 Å². The van der Waals surface area contributed by atoms with Crippen LogP contribution in [-0.2, 0) is 16.4 Å². The molecule has 0 saturated heterocycles. The molecule has 2 heterocycles. The van der Waals surface area contributed by atoms with E-state index >= 15 is 0 Å². The maximum atomic E-state index is 12.8. The molecule has 1 atom stereocenters. The number of rotatable bonds is 3. The van der Waals surface area contributed by atoms with Gasteiger partial charge >= 0.3 is 0 Å². The number of fused-ring (bicyclic) bond motifs is 2. The van der Waals surface area contributed by atoms with E-state index in [1.54, 1.807) is 18.2 Å². The zero-order valence-electron chi connectivity index (χ0n) is 12.3. The van der Waals surface area contributed by atoms with Gasteiger partial charge in [-0.15, -0.1) is 0 Å². The summed E-state index contributed by atoms with van der Waals surface area (Å²) in [5.74, 6) is 0.791. The Morgan fingerprint density at radius 3 is 3.00 bits per heavy atom. The van der Waals surface area contributed by atoms with E-state index in [0.29, 0.717) is 24.1 Å². The third-order valence-electron chi connectivity index (χ3n) is 3.79. The van der Waals surface area contributed by atoms with E-state index in [0.717, 1.165) is 27.5 Å². The SMILES string of the molecule is O=S(=O)(N[C@@H]1COc2ccc(Br)cc2C1)c1cccc2nsnc12. The van der Waals surface area contributed by atoms with Gasteiger partial charge in [0.2, 0.25) is 10.0 Å². The molecule has 4 rings (SSSR count). The van der Waals surface area contributed by atoms with Crippen molar-refractivity contribution >= 4 is 48.7 Å². The second-order valence-corrected chi connectivity index (χ2v) is 8.60. The first-order valence-electron chi connectivity index (χ1n) is 7.18. The summed E-state index contributed by atoms with van der Waals surface area (Å²) in [5, 5.41) is 0. The minimum Gasteiger partial charge on any atom is -0.492 e. The highest BCUT2D eigenvalue weighted by Crippen LogP contribution is 2.29. The van der Waals surface area contributed by atoms with Gasteiger partial charge in [0.15, 0.2) is 0 Å². The molecule has 1 aromatic heterocycles. The molecule has 0 fully saturated rings. The van der Waals surface area contributed by atoms with Gasteiger partial charge in [-0.25, -0.2) is 13.1 Å². The molecule has 1 N–H and O–H groups in total. The molecule has 0 unspecified atom stereocenters. The van der Waals surface area contributed by atoms with Crippen LogP contribution in [0.25, 0.3) is 11.0 Å². The van der Waals surface area contributed by atoms with Gasteiger partial charge in [0.25, 0.3) is 0 Å². The summed E-state index contributed by atoms with van der Waals surface area (Å²) in [5.41, 5.74) is 1.95. The Morgan fingerprint density at radius 2 is 2.12 bits per heavy atom. The molecule has 0 amide bonds. The average Bonchev–Trinajstić information content (AvgIpc) is 3.02. The van der Waals surface area contributed by atoms with Crippen LogP contribution in [0.2, 0.25) is 0 Å². The standard InChI is InChI=1S/C15H12BrN3O3S2/c16-10-4-5-13-9(6-10)7-11(8-22-13)19-24(20,21)14-3-1-2-12-15(14)18-23-17-12/h1-6,11,19H,7-8H2/t11-/m0/s1. The van der Waals surface area contributed by atoms with Crippen LogP contribution in [0.5, 0.6) is 5.75 Å². The first-order valence-corrected chi connectivity index (χ1v) is 10.2. The maximum absolute atomic E-state index is 12.8. The number of hydrogen-bond acceptors (Lipinski definition) is 6. The fourth-order valence-electron chi connectivity index (χ4n) is 2.72. The van der Waals surface area contributed by atoms with Crippen molar-refractivity contribution in [1.82, 2.24) is 13.5 Å². The van der Waals surface area contributed by atoms with Gasteiger partial charge in [-0.2, -0.15) is 8.75 Å². The van der Waals surface area contributed by atoms with Crippen LogP contribution in [0.3, 0.4) is 0 Å². The van der Waals surface area contributed by atoms with Gasteiger partial charge in [0, 0.05) is 4.47 Å². The Kier molecular flexibility index (Phi) is 4.03. The summed E-state index contributed by atoms with van der Waals surface area (Å²) in [6.07, 6.45) is 0.569. The van der Waals surface area contributed by atoms with Crippen LogP contribution < -0.4 is 9.46 Å². The van der Waals surface area contributed by atoms with Crippen molar-refractivity contribution in [2.24, 2.45) is 0 Å². The van der Waals surface area contributed by atoms with E-state index in [1.165, 1.54) is 0 Å². The molecule has 1 aliphatic rings. The predicted molar refractivity (Wildman–Crippen MR) is 94.9 cm³/mol. The van der Waals surface area contributed by atoms with Crippen LogP contribution in [0.15, 0.2) is 45.8 Å². The molecule has 0 radical (unpaired) electrons. The molecular weight excluding hydrogens is 414 g/mol. The molecular formula is C15H12BrN3O3S2. The highest BCUT2D eigenvalue weighted by atomic mass is 79.9. The maximum Gasteiger partial charge on any atom is 0.243 e. The van der Waals surface area contributed by atoms with E-state index in [-0.39, 0.29) is 10.9 Å². The lowest BCUT2D eigenvalue weighted by Crippen LogP contribution is -2.42. The van der Waals surface area contributed by atoms with Crippen LogP contribution in [0.1, 0.15) is 5.56 Å². The molecule has 1 aliphatic heterocycles. The van der Waals surface area contributed by atoms with E-state index < -0.39 is 10.0 Å². The van der Waals surface area contributed by atoms with E-state index in [9.17, 15) is 8.42 Å². The number of ether oxygens (including phenoxy) is 1. The quantitative estimate of drug-likeness (QED) is 0.697. The third-order valence-corrected chi connectivity index (χ3v) is 6.38. The molecule has 0 aliphatic carbocycles. The van der Waals surface area contributed by atoms with Crippen molar-refractivity contribution in [2.75, 3.05) is 6.61 Å². The lowest BCUT2D eigenvalue weighted by Gasteiger charge is -2.26. The Bertz CT molecular complexity index is 1020. The van der Waals surface area contributed by atoms with Crippen LogP contribution in [0.4, 0.5) is 0 Å². The number of benzene rings is 2. The third kappa shape index (κ3) is 2.92. The Labute approximate surface area is 151 Å². The second kappa shape index (κ2) is 6.07. The summed E-state index contributed by atoms with van der Waals surface area (Å²) in [7, 11) is -3.71. The molecule has 2 aromatic carbocycles. The molecule has 9 heteroatoms. The number of nitrogens with one attached hydrogen (secondary N) is 1. The zero-order chi connectivity index (χ0) is 16.7. The molecule has 124 valence electrons. The van der Waals surface area contributed by atoms with Gasteiger partial charge < -0.3 is 4.74 Å². The zero-order valence-corrected chi connectivity index (χ0v) is 15.5. The molecule has 24 heavy (non-hydrogen) atoms. The summed E-state index contributed by atoms with van der Waals surface area (Å²) < 4.78 is 43.0. The van der Waals surface area contributed by atoms with Crippen molar-refractivity contribution in [1.29, 1.82) is 0 Å². The van der Waals surface area contributed by atoms with Crippen molar-refractivity contribution in [3.05, 3.63) is 46.4 Å². The first kappa shape index (κ1) is 15.9. The summed E-state index contributed by atoms with van der Waals surface area (Å²) in [6.45, 7) is 0.291. The van der Waals surface area contributed by atoms with Crippen molar-refractivity contribution in [2.45, 2.75) is 17.4 Å². The monoisotopic (exact) mass is 425 g/mol. The molecule has 0 saturated carbocycles. The Morgan fingerprint density at radius 1 is 1.25 bits per heavy atom. The fourth-order valence-corrected chi connectivity index (χ4v) is 5.12. The largest absolute Gasteiger partial charge is 0.492 e. The van der Waals surface area contributed by atoms with Crippen LogP contribution in [0, 0.1) is 0 Å². The highest BCUT2D eigenvalue weighted by Gasteiger charge is 2.27. The normalized spacial score (nSPS) is 17.5. The summed E-state index contributed by atoms with van der Waals surface area (Å²) in [6, 6.07) is 10.3. The first-order chi connectivity index (χ1) is 11.5. The Balaban J connectivity index is 1.62. The number of nitrogens with zero attached hydrogens (tertiary/aromatic N) is 2. The van der Waals surface area contributed by atoms with E-state index in [1.807, 2.05) is 18.2 Å². The molecule has 0 spiro atoms. The number of aromatic nitrogens is 2. The summed E-state index contributed by atoms with van der Waals surface area (Å²) in [4.78, 5) is 0.147. The summed E-state index contributed by atoms with van der Waals surface area (Å²) >= 11 is 4.42. The van der Waals surface area contributed by atoms with Gasteiger partial charge in [0.1, 0.15) is 28.3 Å². The lowest BCUT2D eigenvalue weighted by atomic mass is 10.0. The van der Waals surface area contributed by atoms with E-state index in [4.69, 9.17) is 4.74 Å². The number of halogens is 1. The van der Waals surface area contributed by atoms with Crippen molar-refractivity contribution in [3.63, 3.8) is 0 Å². The second-order valence-electron chi connectivity index (χ2n) is 5.47. The van der Waals surface area contributed by atoms with Crippen LogP contribution >= 0.6 is 27.7 Å². The Hall–Kier alpha value is -1.55. The molecule has 0 bridgehead atoms. The average molecular weight is 426 g/mol. The van der Waals surface area contributed by atoms with Gasteiger partial charge in [-0.3, -0.25) is 0 Å².